The maximum Gasteiger partial charge on any atom is 0.325 e. The lowest BCUT2D eigenvalue weighted by Gasteiger charge is -2.24. The Morgan fingerprint density at radius 3 is 2.52 bits per heavy atom. The monoisotopic (exact) mass is 396 g/mol. The minimum absolute atomic E-state index is 0.225. The summed E-state index contributed by atoms with van der Waals surface area (Å²) in [5.74, 6) is -1.06. The van der Waals surface area contributed by atoms with Crippen molar-refractivity contribution < 1.29 is 19.2 Å². The average Bonchev–Trinajstić information content (AvgIpc) is 2.89. The zero-order valence-electron chi connectivity index (χ0n) is 16.6. The Hall–Kier alpha value is -3.42. The first-order valence-electron chi connectivity index (χ1n) is 9.42. The number of nitrogens with one attached hydrogen (secondary N) is 3. The molecule has 1 aliphatic rings. The highest BCUT2D eigenvalue weighted by atomic mass is 16.2. The normalized spacial score (nSPS) is 18.8. The second kappa shape index (κ2) is 7.90. The number of hydrogen-bond acceptors (Lipinski definition) is 4. The summed E-state index contributed by atoms with van der Waals surface area (Å²) in [5, 5.41) is 9.15. The van der Waals surface area contributed by atoms with E-state index < -0.39 is 36.0 Å². The molecular weight excluding hydrogens is 372 g/mol. The van der Waals surface area contributed by atoms with Gasteiger partial charge in [0.15, 0.2) is 0 Å². The van der Waals surface area contributed by atoms with Crippen LogP contribution in [0.15, 0.2) is 42.5 Å². The zero-order valence-corrected chi connectivity index (χ0v) is 16.6. The van der Waals surface area contributed by atoms with E-state index in [1.54, 1.807) is 13.0 Å². The molecule has 1 fully saturated rings. The molecular formula is C21H24N4O4. The van der Waals surface area contributed by atoms with E-state index in [1.165, 1.54) is 0 Å². The standard InChI is InChI=1S/C21H24N4O4/c1-13(2)11-22-19(28)23-17(26)12-25-18(27)21(3,24-20(25)29)16-10-6-8-14-7-4-5-9-15(14)16/h4-10,13H,11-12H2,1-3H3,(H,24,29)(H2,22,23,26,28)/t21-/m1/s1. The van der Waals surface area contributed by atoms with Crippen molar-refractivity contribution in [3.05, 3.63) is 48.0 Å². The minimum Gasteiger partial charge on any atom is -0.338 e. The fourth-order valence-corrected chi connectivity index (χ4v) is 3.34. The molecule has 0 saturated carbocycles. The number of amides is 6. The Balaban J connectivity index is 1.77. The largest absolute Gasteiger partial charge is 0.338 e. The first kappa shape index (κ1) is 20.3. The molecule has 0 radical (unpaired) electrons. The molecule has 8 nitrogen and oxygen atoms in total. The highest BCUT2D eigenvalue weighted by molar-refractivity contribution is 6.11. The Kier molecular flexibility index (Phi) is 5.54. The second-order valence-corrected chi connectivity index (χ2v) is 7.63. The average molecular weight is 396 g/mol. The van der Waals surface area contributed by atoms with E-state index in [0.717, 1.165) is 15.7 Å². The summed E-state index contributed by atoms with van der Waals surface area (Å²) in [6, 6.07) is 11.7. The van der Waals surface area contributed by atoms with Crippen LogP contribution in [0.3, 0.4) is 0 Å². The molecule has 1 heterocycles. The molecule has 1 aliphatic heterocycles. The lowest BCUT2D eigenvalue weighted by atomic mass is 9.88. The highest BCUT2D eigenvalue weighted by Gasteiger charge is 2.50. The van der Waals surface area contributed by atoms with Crippen LogP contribution in [0.25, 0.3) is 10.8 Å². The third kappa shape index (κ3) is 4.06. The summed E-state index contributed by atoms with van der Waals surface area (Å²) >= 11 is 0. The van der Waals surface area contributed by atoms with Crippen molar-refractivity contribution in [2.45, 2.75) is 26.3 Å². The fourth-order valence-electron chi connectivity index (χ4n) is 3.34. The van der Waals surface area contributed by atoms with E-state index in [-0.39, 0.29) is 5.92 Å². The zero-order chi connectivity index (χ0) is 21.2. The van der Waals surface area contributed by atoms with Crippen LogP contribution in [-0.2, 0) is 15.1 Å². The number of rotatable bonds is 5. The molecule has 8 heteroatoms. The second-order valence-electron chi connectivity index (χ2n) is 7.63. The van der Waals surface area contributed by atoms with Crippen molar-refractivity contribution in [1.29, 1.82) is 0 Å². The molecule has 2 aromatic carbocycles. The van der Waals surface area contributed by atoms with Gasteiger partial charge in [-0.25, -0.2) is 9.59 Å². The van der Waals surface area contributed by atoms with Gasteiger partial charge in [-0.3, -0.25) is 19.8 Å². The van der Waals surface area contributed by atoms with Crippen molar-refractivity contribution in [3.63, 3.8) is 0 Å². The van der Waals surface area contributed by atoms with Gasteiger partial charge in [0.05, 0.1) is 0 Å². The van der Waals surface area contributed by atoms with Crippen LogP contribution in [0.2, 0.25) is 0 Å². The third-order valence-electron chi connectivity index (χ3n) is 4.83. The van der Waals surface area contributed by atoms with Crippen LogP contribution in [0, 0.1) is 5.92 Å². The van der Waals surface area contributed by atoms with Crippen LogP contribution in [0.4, 0.5) is 9.59 Å². The number of carbonyl (C=O) groups excluding carboxylic acids is 4. The van der Waals surface area contributed by atoms with Crippen LogP contribution in [-0.4, -0.2) is 41.9 Å². The number of benzene rings is 2. The number of nitrogens with zero attached hydrogens (tertiary/aromatic N) is 1. The lowest BCUT2D eigenvalue weighted by Crippen LogP contribution is -2.47. The van der Waals surface area contributed by atoms with E-state index in [0.29, 0.717) is 12.1 Å². The van der Waals surface area contributed by atoms with Crippen molar-refractivity contribution in [2.24, 2.45) is 5.92 Å². The number of imide groups is 2. The number of fused-ring (bicyclic) bond motifs is 1. The van der Waals surface area contributed by atoms with E-state index in [1.807, 2.05) is 50.2 Å². The fraction of sp³-hybridized carbons (Fsp3) is 0.333. The molecule has 0 unspecified atom stereocenters. The number of urea groups is 2. The van der Waals surface area contributed by atoms with E-state index in [9.17, 15) is 19.2 Å². The molecule has 3 rings (SSSR count). The van der Waals surface area contributed by atoms with Gasteiger partial charge in [-0.1, -0.05) is 56.3 Å². The topological polar surface area (TPSA) is 108 Å². The Bertz CT molecular complexity index is 982. The third-order valence-corrected chi connectivity index (χ3v) is 4.83. The van der Waals surface area contributed by atoms with Gasteiger partial charge in [0, 0.05) is 6.54 Å². The van der Waals surface area contributed by atoms with Gasteiger partial charge in [0.2, 0.25) is 5.91 Å². The van der Waals surface area contributed by atoms with E-state index in [2.05, 4.69) is 16.0 Å². The molecule has 1 atom stereocenters. The molecule has 0 aromatic heterocycles. The van der Waals surface area contributed by atoms with E-state index >= 15 is 0 Å². The van der Waals surface area contributed by atoms with Gasteiger partial charge in [-0.2, -0.15) is 0 Å². The van der Waals surface area contributed by atoms with Gasteiger partial charge < -0.3 is 10.6 Å². The molecule has 152 valence electrons. The molecule has 0 aliphatic carbocycles. The van der Waals surface area contributed by atoms with Crippen LogP contribution < -0.4 is 16.0 Å². The summed E-state index contributed by atoms with van der Waals surface area (Å²) < 4.78 is 0. The van der Waals surface area contributed by atoms with Gasteiger partial charge in [0.25, 0.3) is 5.91 Å². The molecule has 0 spiro atoms. The van der Waals surface area contributed by atoms with E-state index in [4.69, 9.17) is 0 Å². The van der Waals surface area contributed by atoms with Crippen molar-refractivity contribution in [2.75, 3.05) is 13.1 Å². The summed E-state index contributed by atoms with van der Waals surface area (Å²) in [7, 11) is 0. The summed E-state index contributed by atoms with van der Waals surface area (Å²) in [6.07, 6.45) is 0. The molecule has 2 aromatic rings. The highest BCUT2D eigenvalue weighted by Crippen LogP contribution is 2.33. The predicted octanol–water partition coefficient (Wildman–Crippen LogP) is 2.09. The van der Waals surface area contributed by atoms with Crippen molar-refractivity contribution in [1.82, 2.24) is 20.9 Å². The Labute approximate surface area is 168 Å². The maximum absolute atomic E-state index is 13.1. The number of carbonyl (C=O) groups is 4. The van der Waals surface area contributed by atoms with Crippen molar-refractivity contribution >= 4 is 34.6 Å². The van der Waals surface area contributed by atoms with Gasteiger partial charge in [0.1, 0.15) is 12.1 Å². The smallest absolute Gasteiger partial charge is 0.325 e. The first-order valence-corrected chi connectivity index (χ1v) is 9.42. The Morgan fingerprint density at radius 2 is 1.79 bits per heavy atom. The maximum atomic E-state index is 13.1. The SMILES string of the molecule is CC(C)CNC(=O)NC(=O)CN1C(=O)N[C@](C)(c2cccc3ccccc23)C1=O. The predicted molar refractivity (Wildman–Crippen MR) is 108 cm³/mol. The van der Waals surface area contributed by atoms with Gasteiger partial charge in [-0.15, -0.1) is 0 Å². The summed E-state index contributed by atoms with van der Waals surface area (Å²) in [5.41, 5.74) is -0.662. The quantitative estimate of drug-likeness (QED) is 0.673. The van der Waals surface area contributed by atoms with Crippen LogP contribution in [0.1, 0.15) is 26.3 Å². The molecule has 6 amide bonds. The Morgan fingerprint density at radius 1 is 1.10 bits per heavy atom. The van der Waals surface area contributed by atoms with Crippen LogP contribution >= 0.6 is 0 Å². The molecule has 3 N–H and O–H groups in total. The van der Waals surface area contributed by atoms with Gasteiger partial charge in [-0.05, 0) is 29.2 Å². The first-order chi connectivity index (χ1) is 13.7. The summed E-state index contributed by atoms with van der Waals surface area (Å²) in [4.78, 5) is 50.3. The van der Waals surface area contributed by atoms with Gasteiger partial charge >= 0.3 is 12.1 Å². The molecule has 1 saturated heterocycles. The molecule has 29 heavy (non-hydrogen) atoms. The van der Waals surface area contributed by atoms with Crippen molar-refractivity contribution in [3.8, 4) is 0 Å². The summed E-state index contributed by atoms with van der Waals surface area (Å²) in [6.45, 7) is 5.32. The number of hydrogen-bond donors (Lipinski definition) is 3. The van der Waals surface area contributed by atoms with Crippen LogP contribution in [0.5, 0.6) is 0 Å². The molecule has 0 bridgehead atoms. The minimum atomic E-state index is -1.31. The lowest BCUT2D eigenvalue weighted by molar-refractivity contribution is -0.134.